The van der Waals surface area contributed by atoms with Crippen LogP contribution in [0.25, 0.3) is 11.3 Å². The Labute approximate surface area is 178 Å². The number of hydrogen-bond donors (Lipinski definition) is 3. The second-order valence-electron chi connectivity index (χ2n) is 6.71. The summed E-state index contributed by atoms with van der Waals surface area (Å²) in [7, 11) is 0. The number of benzene rings is 2. The predicted octanol–water partition coefficient (Wildman–Crippen LogP) is 4.00. The third kappa shape index (κ3) is 4.82. The quantitative estimate of drug-likeness (QED) is 0.426. The Morgan fingerprint density at radius 3 is 2.10 bits per heavy atom. The first-order valence-electron chi connectivity index (χ1n) is 9.46. The molecule has 6 nitrogen and oxygen atoms in total. The molecular weight excluding hydrogens is 396 g/mol. The number of H-pyrrole nitrogens is 1. The number of carbonyl (C=O) groups excluding carboxylic acids is 2. The van der Waals surface area contributed by atoms with Gasteiger partial charge in [0, 0.05) is 24.8 Å². The smallest absolute Gasteiger partial charge is 0.261 e. The monoisotopic (exact) mass is 416 g/mol. The summed E-state index contributed by atoms with van der Waals surface area (Å²) < 4.78 is 0. The molecule has 0 aliphatic carbocycles. The summed E-state index contributed by atoms with van der Waals surface area (Å²) in [6.07, 6.45) is 1.71. The number of rotatable bonds is 7. The van der Waals surface area contributed by atoms with Gasteiger partial charge in [0.05, 0.1) is 10.6 Å². The Bertz CT molecular complexity index is 1100. The fourth-order valence-corrected chi connectivity index (χ4v) is 3.59. The van der Waals surface area contributed by atoms with Gasteiger partial charge < -0.3 is 10.6 Å². The van der Waals surface area contributed by atoms with Crippen LogP contribution in [0, 0.1) is 0 Å². The van der Waals surface area contributed by atoms with E-state index in [0.29, 0.717) is 23.5 Å². The minimum Gasteiger partial charge on any atom is -0.348 e. The van der Waals surface area contributed by atoms with Gasteiger partial charge in [0.1, 0.15) is 0 Å². The van der Waals surface area contributed by atoms with E-state index in [4.69, 9.17) is 0 Å². The van der Waals surface area contributed by atoms with Crippen LogP contribution in [0.1, 0.15) is 31.2 Å². The van der Waals surface area contributed by atoms with Gasteiger partial charge in [0.2, 0.25) is 0 Å². The summed E-state index contributed by atoms with van der Waals surface area (Å²) in [5.74, 6) is -0.229. The van der Waals surface area contributed by atoms with Crippen LogP contribution in [-0.4, -0.2) is 22.0 Å². The SMILES string of the molecule is O=C(NCc1ccc(-c2ccn[nH]2)cc1)c1ccc(CNC(=O)c2cccs2)cc1. The molecule has 0 fully saturated rings. The normalized spacial score (nSPS) is 10.5. The summed E-state index contributed by atoms with van der Waals surface area (Å²) in [6, 6.07) is 20.7. The average molecular weight is 417 g/mol. The molecule has 0 saturated heterocycles. The maximum atomic E-state index is 12.4. The molecule has 0 radical (unpaired) electrons. The van der Waals surface area contributed by atoms with Gasteiger partial charge >= 0.3 is 0 Å². The van der Waals surface area contributed by atoms with Crippen molar-refractivity contribution in [2.75, 3.05) is 0 Å². The van der Waals surface area contributed by atoms with E-state index in [2.05, 4.69) is 20.8 Å². The average Bonchev–Trinajstić information content (AvgIpc) is 3.51. The molecule has 2 amide bonds. The molecule has 0 bridgehead atoms. The second-order valence-corrected chi connectivity index (χ2v) is 7.65. The number of hydrogen-bond acceptors (Lipinski definition) is 4. The Hall–Kier alpha value is -3.71. The largest absolute Gasteiger partial charge is 0.348 e. The standard InChI is InChI=1S/C23H20N4O2S/c28-22(24-14-16-3-7-18(8-4-16)20-11-12-26-27-20)19-9-5-17(6-10-19)15-25-23(29)21-2-1-13-30-21/h1-13H,14-15H2,(H,24,28)(H,25,29)(H,26,27). The predicted molar refractivity (Wildman–Crippen MR) is 117 cm³/mol. The fraction of sp³-hybridized carbons (Fsp3) is 0.0870. The molecule has 3 N–H and O–H groups in total. The lowest BCUT2D eigenvalue weighted by molar-refractivity contribution is 0.0943. The Balaban J connectivity index is 1.28. The number of aromatic amines is 1. The van der Waals surface area contributed by atoms with Crippen LogP contribution >= 0.6 is 11.3 Å². The van der Waals surface area contributed by atoms with Crippen molar-refractivity contribution in [1.82, 2.24) is 20.8 Å². The van der Waals surface area contributed by atoms with Gasteiger partial charge in [0.25, 0.3) is 11.8 Å². The van der Waals surface area contributed by atoms with E-state index >= 15 is 0 Å². The van der Waals surface area contributed by atoms with Crippen LogP contribution in [0.15, 0.2) is 78.3 Å². The van der Waals surface area contributed by atoms with Gasteiger partial charge in [0.15, 0.2) is 0 Å². The molecule has 2 aromatic heterocycles. The van der Waals surface area contributed by atoms with Gasteiger partial charge in [-0.25, -0.2) is 0 Å². The van der Waals surface area contributed by atoms with Crippen molar-refractivity contribution in [2.24, 2.45) is 0 Å². The van der Waals surface area contributed by atoms with E-state index in [-0.39, 0.29) is 11.8 Å². The number of nitrogens with zero attached hydrogens (tertiary/aromatic N) is 1. The lowest BCUT2D eigenvalue weighted by Crippen LogP contribution is -2.23. The van der Waals surface area contributed by atoms with E-state index in [1.807, 2.05) is 53.9 Å². The molecular formula is C23H20N4O2S. The topological polar surface area (TPSA) is 86.9 Å². The lowest BCUT2D eigenvalue weighted by Gasteiger charge is -2.08. The van der Waals surface area contributed by atoms with Crippen molar-refractivity contribution in [3.63, 3.8) is 0 Å². The number of nitrogens with one attached hydrogen (secondary N) is 3. The molecule has 30 heavy (non-hydrogen) atoms. The van der Waals surface area contributed by atoms with Gasteiger partial charge in [-0.15, -0.1) is 11.3 Å². The highest BCUT2D eigenvalue weighted by Crippen LogP contribution is 2.16. The molecule has 4 rings (SSSR count). The zero-order valence-corrected chi connectivity index (χ0v) is 16.9. The number of aromatic nitrogens is 2. The van der Waals surface area contributed by atoms with Crippen LogP contribution in [0.2, 0.25) is 0 Å². The van der Waals surface area contributed by atoms with Gasteiger partial charge in [-0.2, -0.15) is 5.10 Å². The first-order valence-corrected chi connectivity index (χ1v) is 10.3. The lowest BCUT2D eigenvalue weighted by atomic mass is 10.1. The fourth-order valence-electron chi connectivity index (χ4n) is 2.95. The molecule has 0 atom stereocenters. The zero-order chi connectivity index (χ0) is 20.8. The second kappa shape index (κ2) is 9.19. The van der Waals surface area contributed by atoms with Crippen molar-refractivity contribution in [1.29, 1.82) is 0 Å². The molecule has 0 aliphatic rings. The van der Waals surface area contributed by atoms with Gasteiger partial charge in [-0.1, -0.05) is 42.5 Å². The van der Waals surface area contributed by atoms with Crippen molar-refractivity contribution >= 4 is 23.2 Å². The van der Waals surface area contributed by atoms with Crippen LogP contribution in [0.4, 0.5) is 0 Å². The van der Waals surface area contributed by atoms with E-state index in [1.165, 1.54) is 11.3 Å². The van der Waals surface area contributed by atoms with Gasteiger partial charge in [-0.05, 0) is 46.3 Å². The van der Waals surface area contributed by atoms with Crippen molar-refractivity contribution < 1.29 is 9.59 Å². The van der Waals surface area contributed by atoms with Crippen molar-refractivity contribution in [3.05, 3.63) is 99.9 Å². The number of carbonyl (C=O) groups is 2. The van der Waals surface area contributed by atoms with Crippen LogP contribution in [0.3, 0.4) is 0 Å². The first-order chi connectivity index (χ1) is 14.7. The first kappa shape index (κ1) is 19.6. The highest BCUT2D eigenvalue weighted by molar-refractivity contribution is 7.12. The minimum atomic E-state index is -0.137. The third-order valence-electron chi connectivity index (χ3n) is 4.63. The Kier molecular flexibility index (Phi) is 6.01. The molecule has 4 aromatic rings. The van der Waals surface area contributed by atoms with Crippen LogP contribution in [-0.2, 0) is 13.1 Å². The summed E-state index contributed by atoms with van der Waals surface area (Å²) in [5.41, 5.74) is 4.53. The third-order valence-corrected chi connectivity index (χ3v) is 5.50. The highest BCUT2D eigenvalue weighted by atomic mass is 32.1. The highest BCUT2D eigenvalue weighted by Gasteiger charge is 2.08. The Morgan fingerprint density at radius 2 is 1.50 bits per heavy atom. The maximum Gasteiger partial charge on any atom is 0.261 e. The molecule has 7 heteroatoms. The van der Waals surface area contributed by atoms with Crippen LogP contribution in [0.5, 0.6) is 0 Å². The molecule has 0 aliphatic heterocycles. The molecule has 150 valence electrons. The summed E-state index contributed by atoms with van der Waals surface area (Å²) in [6.45, 7) is 0.863. The Morgan fingerprint density at radius 1 is 0.833 bits per heavy atom. The van der Waals surface area contributed by atoms with Crippen molar-refractivity contribution in [3.8, 4) is 11.3 Å². The summed E-state index contributed by atoms with van der Waals surface area (Å²) in [4.78, 5) is 25.1. The molecule has 2 aromatic carbocycles. The van der Waals surface area contributed by atoms with E-state index in [9.17, 15) is 9.59 Å². The summed E-state index contributed by atoms with van der Waals surface area (Å²) >= 11 is 1.41. The van der Waals surface area contributed by atoms with E-state index in [1.54, 1.807) is 24.4 Å². The zero-order valence-electron chi connectivity index (χ0n) is 16.1. The molecule has 0 saturated carbocycles. The van der Waals surface area contributed by atoms with Crippen molar-refractivity contribution in [2.45, 2.75) is 13.1 Å². The number of thiophene rings is 1. The molecule has 0 spiro atoms. The maximum absolute atomic E-state index is 12.4. The minimum absolute atomic E-state index is 0.0923. The summed E-state index contributed by atoms with van der Waals surface area (Å²) in [5, 5.41) is 14.6. The molecule has 2 heterocycles. The van der Waals surface area contributed by atoms with E-state index < -0.39 is 0 Å². The number of amides is 2. The van der Waals surface area contributed by atoms with Crippen LogP contribution < -0.4 is 10.6 Å². The molecule has 0 unspecified atom stereocenters. The van der Waals surface area contributed by atoms with Gasteiger partial charge in [-0.3, -0.25) is 14.7 Å². The van der Waals surface area contributed by atoms with E-state index in [0.717, 1.165) is 22.4 Å².